The topological polar surface area (TPSA) is 59.9 Å². The molecular weight excluding hydrogens is 491 g/mol. The molecular formula is C24H27IN2O3. The van der Waals surface area contributed by atoms with Crippen LogP contribution in [0.4, 0.5) is 0 Å². The monoisotopic (exact) mass is 518 g/mol. The van der Waals surface area contributed by atoms with Crippen LogP contribution in [0.25, 0.3) is 0 Å². The van der Waals surface area contributed by atoms with Gasteiger partial charge >= 0.3 is 0 Å². The number of hydrogen-bond donors (Lipinski definition) is 1. The predicted octanol–water partition coefficient (Wildman–Crippen LogP) is 5.16. The largest absolute Gasteiger partial charge is 0.493 e. The third-order valence-electron chi connectivity index (χ3n) is 6.48. The van der Waals surface area contributed by atoms with E-state index in [-0.39, 0.29) is 17.2 Å². The molecule has 158 valence electrons. The Kier molecular flexibility index (Phi) is 6.32. The molecule has 0 spiro atoms. The van der Waals surface area contributed by atoms with Gasteiger partial charge in [-0.3, -0.25) is 4.79 Å². The minimum absolute atomic E-state index is 0.0464. The number of nitrogens with zero attached hydrogens (tertiary/aromatic N) is 1. The third kappa shape index (κ3) is 4.33. The highest BCUT2D eigenvalue weighted by Crippen LogP contribution is 2.66. The molecule has 1 N–H and O–H groups in total. The molecule has 0 aliphatic heterocycles. The van der Waals surface area contributed by atoms with Crippen LogP contribution < -0.4 is 14.9 Å². The molecule has 2 aromatic rings. The molecule has 0 unspecified atom stereocenters. The van der Waals surface area contributed by atoms with Crippen molar-refractivity contribution in [1.29, 1.82) is 0 Å². The van der Waals surface area contributed by atoms with Crippen LogP contribution in [0.3, 0.4) is 0 Å². The highest BCUT2D eigenvalue weighted by atomic mass is 127. The summed E-state index contributed by atoms with van der Waals surface area (Å²) < 4.78 is 12.5. The van der Waals surface area contributed by atoms with Crippen molar-refractivity contribution >= 4 is 34.7 Å². The molecule has 2 saturated carbocycles. The van der Waals surface area contributed by atoms with Crippen LogP contribution in [0, 0.1) is 20.8 Å². The summed E-state index contributed by atoms with van der Waals surface area (Å²) in [4.78, 5) is 12.6. The molecule has 0 aromatic heterocycles. The average molecular weight is 518 g/mol. The van der Waals surface area contributed by atoms with Crippen LogP contribution in [0.1, 0.15) is 43.7 Å². The number of carbonyl (C=O) groups excluding carboxylic acids is 1. The molecule has 3 atom stereocenters. The Morgan fingerprint density at radius 3 is 2.80 bits per heavy atom. The third-order valence-corrected chi connectivity index (χ3v) is 7.28. The summed E-state index contributed by atoms with van der Waals surface area (Å²) in [5.41, 5.74) is 4.88. The van der Waals surface area contributed by atoms with Crippen LogP contribution in [0.15, 0.2) is 47.6 Å². The second-order valence-corrected chi connectivity index (χ2v) is 9.54. The van der Waals surface area contributed by atoms with E-state index in [9.17, 15) is 4.79 Å². The minimum Gasteiger partial charge on any atom is -0.493 e. The summed E-state index contributed by atoms with van der Waals surface area (Å²) in [6.45, 7) is 2.71. The van der Waals surface area contributed by atoms with Gasteiger partial charge in [-0.05, 0) is 70.0 Å². The first kappa shape index (κ1) is 21.2. The molecule has 0 saturated heterocycles. The zero-order chi connectivity index (χ0) is 21.1. The van der Waals surface area contributed by atoms with Gasteiger partial charge in [-0.1, -0.05) is 50.1 Å². The lowest BCUT2D eigenvalue weighted by molar-refractivity contribution is -0.123. The van der Waals surface area contributed by atoms with E-state index in [1.54, 1.807) is 13.3 Å². The van der Waals surface area contributed by atoms with Gasteiger partial charge < -0.3 is 9.47 Å². The molecule has 0 heterocycles. The molecule has 4 rings (SSSR count). The summed E-state index contributed by atoms with van der Waals surface area (Å²) in [7, 11) is 1.62. The Balaban J connectivity index is 1.39. The lowest BCUT2D eigenvalue weighted by atomic mass is 9.90. The highest BCUT2D eigenvalue weighted by Gasteiger charge is 2.64. The Bertz CT molecular complexity index is 947. The number of halogens is 1. The average Bonchev–Trinajstić information content (AvgIpc) is 3.38. The van der Waals surface area contributed by atoms with Crippen LogP contribution in [-0.4, -0.2) is 19.2 Å². The van der Waals surface area contributed by atoms with E-state index >= 15 is 0 Å². The predicted molar refractivity (Wildman–Crippen MR) is 126 cm³/mol. The first-order valence-corrected chi connectivity index (χ1v) is 11.5. The van der Waals surface area contributed by atoms with Crippen molar-refractivity contribution in [1.82, 2.24) is 5.43 Å². The summed E-state index contributed by atoms with van der Waals surface area (Å²) in [5, 5.41) is 4.21. The van der Waals surface area contributed by atoms with Gasteiger partial charge in [0.2, 0.25) is 5.91 Å². The van der Waals surface area contributed by atoms with Gasteiger partial charge in [-0.15, -0.1) is 0 Å². The van der Waals surface area contributed by atoms with E-state index in [2.05, 4.69) is 40.0 Å². The molecule has 6 heteroatoms. The zero-order valence-corrected chi connectivity index (χ0v) is 19.5. The Labute approximate surface area is 191 Å². The number of hydrogen-bond acceptors (Lipinski definition) is 4. The maximum Gasteiger partial charge on any atom is 0.244 e. The van der Waals surface area contributed by atoms with Crippen molar-refractivity contribution < 1.29 is 14.3 Å². The SMILES string of the molecule is COc1cc(/C=N\NC(=O)[C@@H]2[C@H]3CCCC[C@]32C)cc(I)c1OCc1ccccc1. The molecule has 2 aromatic carbocycles. The lowest BCUT2D eigenvalue weighted by Gasteiger charge is -2.15. The molecule has 0 radical (unpaired) electrons. The van der Waals surface area contributed by atoms with E-state index in [0.717, 1.165) is 27.5 Å². The van der Waals surface area contributed by atoms with Crippen molar-refractivity contribution in [3.63, 3.8) is 0 Å². The fraction of sp³-hybridized carbons (Fsp3) is 0.417. The number of methoxy groups -OCH3 is 1. The molecule has 5 nitrogen and oxygen atoms in total. The summed E-state index contributed by atoms with van der Waals surface area (Å²) in [5.74, 6) is 2.04. The summed E-state index contributed by atoms with van der Waals surface area (Å²) >= 11 is 2.23. The quantitative estimate of drug-likeness (QED) is 0.313. The van der Waals surface area contributed by atoms with Crippen LogP contribution in [0.2, 0.25) is 0 Å². The second-order valence-electron chi connectivity index (χ2n) is 8.38. The Morgan fingerprint density at radius 1 is 1.30 bits per heavy atom. The van der Waals surface area contributed by atoms with E-state index in [0.29, 0.717) is 24.0 Å². The van der Waals surface area contributed by atoms with Gasteiger partial charge in [-0.2, -0.15) is 5.10 Å². The number of amides is 1. The molecule has 0 bridgehead atoms. The molecule has 2 aliphatic rings. The number of hydrazone groups is 1. The fourth-order valence-electron chi connectivity index (χ4n) is 4.77. The van der Waals surface area contributed by atoms with Crippen LogP contribution >= 0.6 is 22.6 Å². The summed E-state index contributed by atoms with van der Waals surface area (Å²) in [6, 6.07) is 13.9. The lowest BCUT2D eigenvalue weighted by Crippen LogP contribution is -2.22. The van der Waals surface area contributed by atoms with Crippen molar-refractivity contribution in [2.24, 2.45) is 22.4 Å². The van der Waals surface area contributed by atoms with Gasteiger partial charge in [0, 0.05) is 5.92 Å². The molecule has 1 amide bonds. The van der Waals surface area contributed by atoms with E-state index in [1.807, 2.05) is 42.5 Å². The fourth-order valence-corrected chi connectivity index (χ4v) is 5.56. The summed E-state index contributed by atoms with van der Waals surface area (Å²) in [6.07, 6.45) is 6.45. The normalized spacial score (nSPS) is 24.9. The number of benzene rings is 2. The first-order valence-electron chi connectivity index (χ1n) is 10.4. The van der Waals surface area contributed by atoms with Crippen molar-refractivity contribution in [3.05, 3.63) is 57.2 Å². The van der Waals surface area contributed by atoms with E-state index < -0.39 is 0 Å². The number of carbonyl (C=O) groups is 1. The maximum absolute atomic E-state index is 12.6. The van der Waals surface area contributed by atoms with Crippen molar-refractivity contribution in [3.8, 4) is 11.5 Å². The van der Waals surface area contributed by atoms with Gasteiger partial charge in [0.05, 0.1) is 16.9 Å². The standard InChI is InChI=1S/C24H27IN2O3/c1-24-11-7-6-10-18(24)21(24)23(28)27-26-14-17-12-19(25)22(20(13-17)29-2)30-15-16-8-4-3-5-9-16/h3-5,8-9,12-14,18,21H,6-7,10-11,15H2,1-2H3,(H,27,28)/b26-14-/t18-,21+,24-/m1/s1. The van der Waals surface area contributed by atoms with E-state index in [1.165, 1.54) is 12.8 Å². The van der Waals surface area contributed by atoms with Crippen LogP contribution in [0.5, 0.6) is 11.5 Å². The Hall–Kier alpha value is -2.09. The van der Waals surface area contributed by atoms with Gasteiger partial charge in [0.1, 0.15) is 6.61 Å². The van der Waals surface area contributed by atoms with Crippen molar-refractivity contribution in [2.75, 3.05) is 7.11 Å². The molecule has 2 fully saturated rings. The highest BCUT2D eigenvalue weighted by molar-refractivity contribution is 14.1. The Morgan fingerprint density at radius 2 is 2.10 bits per heavy atom. The first-order chi connectivity index (χ1) is 14.5. The molecule has 30 heavy (non-hydrogen) atoms. The number of rotatable bonds is 7. The smallest absolute Gasteiger partial charge is 0.244 e. The number of nitrogens with one attached hydrogen (secondary N) is 1. The minimum atomic E-state index is 0.0464. The second kappa shape index (κ2) is 8.96. The molecule has 2 aliphatic carbocycles. The number of fused-ring (bicyclic) bond motifs is 1. The zero-order valence-electron chi connectivity index (χ0n) is 17.4. The van der Waals surface area contributed by atoms with Gasteiger partial charge in [-0.25, -0.2) is 5.43 Å². The maximum atomic E-state index is 12.6. The van der Waals surface area contributed by atoms with Crippen molar-refractivity contribution in [2.45, 2.75) is 39.2 Å². The van der Waals surface area contributed by atoms with Crippen LogP contribution in [-0.2, 0) is 11.4 Å². The van der Waals surface area contributed by atoms with Gasteiger partial charge in [0.25, 0.3) is 0 Å². The van der Waals surface area contributed by atoms with E-state index in [4.69, 9.17) is 9.47 Å². The van der Waals surface area contributed by atoms with Gasteiger partial charge in [0.15, 0.2) is 11.5 Å². The number of ether oxygens (including phenoxy) is 2.